The van der Waals surface area contributed by atoms with Crippen LogP contribution in [0.4, 0.5) is 5.69 Å². The maximum absolute atomic E-state index is 12.6. The molecule has 0 fully saturated rings. The van der Waals surface area contributed by atoms with Gasteiger partial charge in [-0.3, -0.25) is 4.79 Å². The van der Waals surface area contributed by atoms with E-state index in [1.807, 2.05) is 90.5 Å². The Kier molecular flexibility index (Phi) is 7.28. The average molecular weight is 456 g/mol. The maximum Gasteiger partial charge on any atom is 0.226 e. The lowest BCUT2D eigenvalue weighted by molar-refractivity contribution is -0.116. The molecule has 0 aliphatic heterocycles. The fourth-order valence-electron chi connectivity index (χ4n) is 3.72. The molecular weight excluding hydrogens is 426 g/mol. The highest BCUT2D eigenvalue weighted by atomic mass is 16.5. The highest BCUT2D eigenvalue weighted by Gasteiger charge is 2.21. The van der Waals surface area contributed by atoms with Gasteiger partial charge < -0.3 is 14.8 Å². The summed E-state index contributed by atoms with van der Waals surface area (Å²) in [6.45, 7) is 4.10. The smallest absolute Gasteiger partial charge is 0.226 e. The van der Waals surface area contributed by atoms with E-state index in [0.29, 0.717) is 18.7 Å². The fraction of sp³-hybridized carbons (Fsp3) is 0.214. The molecule has 1 heterocycles. The van der Waals surface area contributed by atoms with E-state index in [-0.39, 0.29) is 5.91 Å². The molecule has 0 atom stereocenters. The first-order valence-corrected chi connectivity index (χ1v) is 11.4. The number of ether oxygens (including phenoxy) is 2. The Morgan fingerprint density at radius 3 is 2.26 bits per heavy atom. The molecule has 0 saturated heterocycles. The number of anilines is 1. The van der Waals surface area contributed by atoms with Crippen LogP contribution in [0.5, 0.6) is 17.4 Å². The number of carbonyl (C=O) groups is 1. The van der Waals surface area contributed by atoms with Gasteiger partial charge >= 0.3 is 0 Å². The van der Waals surface area contributed by atoms with Crippen molar-refractivity contribution in [3.8, 4) is 23.1 Å². The molecule has 34 heavy (non-hydrogen) atoms. The summed E-state index contributed by atoms with van der Waals surface area (Å²) >= 11 is 0. The molecule has 0 aliphatic rings. The van der Waals surface area contributed by atoms with Gasteiger partial charge in [-0.05, 0) is 68.3 Å². The molecule has 4 rings (SSSR count). The van der Waals surface area contributed by atoms with Crippen molar-refractivity contribution in [2.45, 2.75) is 33.1 Å². The van der Waals surface area contributed by atoms with E-state index in [1.165, 1.54) is 0 Å². The number of rotatable bonds is 9. The van der Waals surface area contributed by atoms with Crippen molar-refractivity contribution in [1.82, 2.24) is 9.78 Å². The number of hydrogen-bond donors (Lipinski definition) is 1. The van der Waals surface area contributed by atoms with Crippen LogP contribution in [0.15, 0.2) is 78.9 Å². The quantitative estimate of drug-likeness (QED) is 0.330. The number of aromatic nitrogens is 2. The minimum atomic E-state index is -0.0493. The van der Waals surface area contributed by atoms with Gasteiger partial charge in [0.2, 0.25) is 11.8 Å². The van der Waals surface area contributed by atoms with Crippen molar-refractivity contribution in [1.29, 1.82) is 0 Å². The molecular formula is C28H29N3O3. The third-order valence-electron chi connectivity index (χ3n) is 5.57. The van der Waals surface area contributed by atoms with Crippen LogP contribution in [0, 0.1) is 6.92 Å². The summed E-state index contributed by atoms with van der Waals surface area (Å²) in [5, 5.41) is 7.80. The van der Waals surface area contributed by atoms with Crippen LogP contribution in [0.2, 0.25) is 0 Å². The highest BCUT2D eigenvalue weighted by molar-refractivity contribution is 5.90. The molecule has 0 saturated carbocycles. The van der Waals surface area contributed by atoms with Crippen LogP contribution in [0.1, 0.15) is 30.2 Å². The summed E-state index contributed by atoms with van der Waals surface area (Å²) < 4.78 is 13.5. The van der Waals surface area contributed by atoms with Gasteiger partial charge in [0.05, 0.1) is 18.5 Å². The second-order valence-corrected chi connectivity index (χ2v) is 8.02. The molecule has 3 aromatic carbocycles. The second-order valence-electron chi connectivity index (χ2n) is 8.02. The largest absolute Gasteiger partial charge is 0.497 e. The summed E-state index contributed by atoms with van der Waals surface area (Å²) in [6, 6.07) is 25.1. The molecule has 0 radical (unpaired) electrons. The lowest BCUT2D eigenvalue weighted by Gasteiger charge is -2.12. The summed E-state index contributed by atoms with van der Waals surface area (Å²) in [6.07, 6.45) is 1.56. The zero-order valence-electron chi connectivity index (χ0n) is 19.7. The minimum Gasteiger partial charge on any atom is -0.497 e. The van der Waals surface area contributed by atoms with E-state index < -0.39 is 0 Å². The first kappa shape index (κ1) is 23.1. The summed E-state index contributed by atoms with van der Waals surface area (Å²) in [5.41, 5.74) is 4.64. The van der Waals surface area contributed by atoms with Crippen LogP contribution in [-0.2, 0) is 17.6 Å². The third-order valence-corrected chi connectivity index (χ3v) is 5.57. The summed E-state index contributed by atoms with van der Waals surface area (Å²) in [5.74, 6) is 2.06. The molecule has 1 N–H and O–H groups in total. The van der Waals surface area contributed by atoms with E-state index in [9.17, 15) is 4.79 Å². The van der Waals surface area contributed by atoms with Gasteiger partial charge in [-0.1, -0.05) is 42.8 Å². The van der Waals surface area contributed by atoms with Crippen molar-refractivity contribution in [2.24, 2.45) is 0 Å². The van der Waals surface area contributed by atoms with Crippen LogP contribution in [0.25, 0.3) is 5.69 Å². The SMILES string of the molecule is CCc1nn(-c2ccc(OC)cc2)c(Oc2ccc(C)cc2)c1CCC(=O)Nc1ccccc1. The van der Waals surface area contributed by atoms with E-state index in [1.54, 1.807) is 7.11 Å². The molecule has 174 valence electrons. The predicted octanol–water partition coefficient (Wildman–Crippen LogP) is 6.12. The molecule has 1 amide bonds. The van der Waals surface area contributed by atoms with Gasteiger partial charge in [-0.25, -0.2) is 4.68 Å². The zero-order valence-corrected chi connectivity index (χ0v) is 19.7. The van der Waals surface area contributed by atoms with Crippen LogP contribution >= 0.6 is 0 Å². The van der Waals surface area contributed by atoms with E-state index in [2.05, 4.69) is 12.2 Å². The number of amides is 1. The lowest BCUT2D eigenvalue weighted by atomic mass is 10.1. The van der Waals surface area contributed by atoms with Crippen LogP contribution in [0.3, 0.4) is 0 Å². The number of nitrogens with one attached hydrogen (secondary N) is 1. The molecule has 6 nitrogen and oxygen atoms in total. The normalized spacial score (nSPS) is 10.7. The molecule has 0 unspecified atom stereocenters. The van der Waals surface area contributed by atoms with Crippen molar-refractivity contribution < 1.29 is 14.3 Å². The Morgan fingerprint density at radius 1 is 0.941 bits per heavy atom. The third kappa shape index (κ3) is 5.46. The number of carbonyl (C=O) groups excluding carboxylic acids is 1. The predicted molar refractivity (Wildman–Crippen MR) is 134 cm³/mol. The molecule has 0 bridgehead atoms. The summed E-state index contributed by atoms with van der Waals surface area (Å²) in [7, 11) is 1.64. The monoisotopic (exact) mass is 455 g/mol. The zero-order chi connectivity index (χ0) is 23.9. The van der Waals surface area contributed by atoms with Gasteiger partial charge in [-0.15, -0.1) is 0 Å². The Morgan fingerprint density at radius 2 is 1.62 bits per heavy atom. The van der Waals surface area contributed by atoms with Gasteiger partial charge in [0.25, 0.3) is 0 Å². The molecule has 6 heteroatoms. The summed E-state index contributed by atoms with van der Waals surface area (Å²) in [4.78, 5) is 12.6. The minimum absolute atomic E-state index is 0.0493. The fourth-order valence-corrected chi connectivity index (χ4v) is 3.72. The Balaban J connectivity index is 1.65. The van der Waals surface area contributed by atoms with Crippen LogP contribution < -0.4 is 14.8 Å². The molecule has 1 aromatic heterocycles. The number of methoxy groups -OCH3 is 1. The van der Waals surface area contributed by atoms with Crippen molar-refractivity contribution in [3.05, 3.63) is 95.7 Å². The number of nitrogens with zero attached hydrogens (tertiary/aromatic N) is 2. The Labute approximate surface area is 200 Å². The van der Waals surface area contributed by atoms with Crippen molar-refractivity contribution in [3.63, 3.8) is 0 Å². The van der Waals surface area contributed by atoms with Gasteiger partial charge in [0.15, 0.2) is 0 Å². The van der Waals surface area contributed by atoms with Crippen molar-refractivity contribution >= 4 is 11.6 Å². The first-order valence-electron chi connectivity index (χ1n) is 11.4. The molecule has 0 spiro atoms. The van der Waals surface area contributed by atoms with E-state index in [4.69, 9.17) is 14.6 Å². The first-order chi connectivity index (χ1) is 16.6. The van der Waals surface area contributed by atoms with Gasteiger partial charge in [-0.2, -0.15) is 5.10 Å². The number of para-hydroxylation sites is 1. The second kappa shape index (κ2) is 10.7. The highest BCUT2D eigenvalue weighted by Crippen LogP contribution is 2.33. The van der Waals surface area contributed by atoms with Crippen LogP contribution in [-0.4, -0.2) is 22.8 Å². The van der Waals surface area contributed by atoms with E-state index in [0.717, 1.165) is 46.1 Å². The Hall–Kier alpha value is -4.06. The molecule has 4 aromatic rings. The lowest BCUT2D eigenvalue weighted by Crippen LogP contribution is -2.12. The van der Waals surface area contributed by atoms with Gasteiger partial charge in [0, 0.05) is 17.7 Å². The Bertz CT molecular complexity index is 1230. The maximum atomic E-state index is 12.6. The molecule has 0 aliphatic carbocycles. The number of benzene rings is 3. The number of hydrogen-bond acceptors (Lipinski definition) is 4. The number of aryl methyl sites for hydroxylation is 2. The average Bonchev–Trinajstić information content (AvgIpc) is 3.22. The standard InChI is InChI=1S/C28H29N3O3/c1-4-26-25(18-19-27(32)29-21-8-6-5-7-9-21)28(34-24-14-10-20(2)11-15-24)31(30-26)22-12-16-23(33-3)17-13-22/h5-17H,4,18-19H2,1-3H3,(H,29,32). The van der Waals surface area contributed by atoms with Gasteiger partial charge in [0.1, 0.15) is 11.5 Å². The topological polar surface area (TPSA) is 65.4 Å². The van der Waals surface area contributed by atoms with E-state index >= 15 is 0 Å². The van der Waals surface area contributed by atoms with Crippen molar-refractivity contribution in [2.75, 3.05) is 12.4 Å².